The quantitative estimate of drug-likeness (QED) is 0.0260. The van der Waals surface area contributed by atoms with Crippen molar-refractivity contribution in [2.24, 2.45) is 0 Å². The first-order valence-corrected chi connectivity index (χ1v) is 26.7. The van der Waals surface area contributed by atoms with Crippen LogP contribution in [-0.4, -0.2) is 88.4 Å². The third kappa shape index (κ3) is 34.3. The Labute approximate surface area is 390 Å². The summed E-state index contributed by atoms with van der Waals surface area (Å²) in [5, 5.41) is 40.0. The number of esters is 2. The average Bonchev–Trinajstić information content (AvgIpc) is 3.28. The lowest BCUT2D eigenvalue weighted by atomic mass is 9.99. The Hall–Kier alpha value is -2.05. The Bertz CT molecular complexity index is 1120. The van der Waals surface area contributed by atoms with Crippen molar-refractivity contribution in [3.05, 3.63) is 12.2 Å². The number of allylic oxidation sites excluding steroid dienone is 2. The van der Waals surface area contributed by atoms with E-state index in [1.165, 1.54) is 173 Å². The number of carboxylic acid groups (broad SMARTS) is 1. The molecule has 11 heteroatoms. The molecule has 0 aromatic carbocycles. The van der Waals surface area contributed by atoms with Crippen LogP contribution in [0.4, 0.5) is 0 Å². The molecular formula is C53H98O11. The Morgan fingerprint density at radius 3 is 1.22 bits per heavy atom. The second kappa shape index (κ2) is 43.5. The monoisotopic (exact) mass is 911 g/mol. The molecule has 64 heavy (non-hydrogen) atoms. The number of hydrogen-bond acceptors (Lipinski definition) is 10. The van der Waals surface area contributed by atoms with Gasteiger partial charge in [-0.1, -0.05) is 219 Å². The molecule has 0 bridgehead atoms. The van der Waals surface area contributed by atoms with Gasteiger partial charge in [0.2, 0.25) is 0 Å². The second-order valence-electron chi connectivity index (χ2n) is 18.7. The first-order chi connectivity index (χ1) is 31.2. The van der Waals surface area contributed by atoms with Gasteiger partial charge in [0.05, 0.1) is 6.61 Å². The van der Waals surface area contributed by atoms with Crippen LogP contribution in [0.25, 0.3) is 0 Å². The summed E-state index contributed by atoms with van der Waals surface area (Å²) >= 11 is 0. The van der Waals surface area contributed by atoms with Crippen molar-refractivity contribution in [1.29, 1.82) is 0 Å². The molecule has 1 aliphatic heterocycles. The summed E-state index contributed by atoms with van der Waals surface area (Å²) < 4.78 is 21.8. The normalized spacial score (nSPS) is 19.3. The fourth-order valence-electron chi connectivity index (χ4n) is 8.41. The van der Waals surface area contributed by atoms with Crippen LogP contribution in [0.15, 0.2) is 12.2 Å². The number of aliphatic hydroxyl groups excluding tert-OH is 3. The highest BCUT2D eigenvalue weighted by atomic mass is 16.7. The minimum Gasteiger partial charge on any atom is -0.479 e. The SMILES string of the molecule is CCCCCCCC/C=C\CCCCCCCCCC(=O)OCC(COC1OC(C(=O)O)C(O)C(O)C1O)OC(=O)CCCCCCCCCCCCCCCCCCCCCCC. The van der Waals surface area contributed by atoms with Gasteiger partial charge in [0.15, 0.2) is 18.5 Å². The lowest BCUT2D eigenvalue weighted by Gasteiger charge is -2.38. The summed E-state index contributed by atoms with van der Waals surface area (Å²) in [7, 11) is 0. The number of carboxylic acids is 1. The first kappa shape index (κ1) is 60.0. The van der Waals surface area contributed by atoms with E-state index in [1.54, 1.807) is 0 Å². The van der Waals surface area contributed by atoms with E-state index in [2.05, 4.69) is 26.0 Å². The van der Waals surface area contributed by atoms with Crippen LogP contribution in [0.1, 0.15) is 258 Å². The summed E-state index contributed by atoms with van der Waals surface area (Å²) in [5.74, 6) is -2.43. The molecule has 0 amide bonds. The van der Waals surface area contributed by atoms with E-state index in [0.29, 0.717) is 12.8 Å². The van der Waals surface area contributed by atoms with Gasteiger partial charge >= 0.3 is 17.9 Å². The van der Waals surface area contributed by atoms with Crippen molar-refractivity contribution in [2.45, 2.75) is 295 Å². The van der Waals surface area contributed by atoms with E-state index in [4.69, 9.17) is 18.9 Å². The maximum absolute atomic E-state index is 12.8. The standard InChI is InChI=1S/C53H98O11/c1-3-5-7-9-11-13-15-17-19-21-22-23-24-26-28-30-32-34-36-38-40-42-47(55)63-45(44-62-53-50(58)48(56)49(57)51(64-53)52(59)60)43-61-46(54)41-39-37-35-33-31-29-27-25-20-18-16-14-12-10-8-6-4-2/h18,20,45,48-51,53,56-58H,3-17,19,21-44H2,1-2H3,(H,59,60)/b20-18-. The first-order valence-electron chi connectivity index (χ1n) is 26.7. The van der Waals surface area contributed by atoms with E-state index in [1.807, 2.05) is 0 Å². The molecule has 0 aliphatic carbocycles. The van der Waals surface area contributed by atoms with E-state index in [0.717, 1.165) is 44.9 Å². The molecule has 0 spiro atoms. The van der Waals surface area contributed by atoms with E-state index < -0.39 is 54.7 Å². The molecule has 0 radical (unpaired) electrons. The van der Waals surface area contributed by atoms with Crippen LogP contribution in [0.3, 0.4) is 0 Å². The highest BCUT2D eigenvalue weighted by Crippen LogP contribution is 2.23. The molecule has 4 N–H and O–H groups in total. The smallest absolute Gasteiger partial charge is 0.335 e. The lowest BCUT2D eigenvalue weighted by molar-refractivity contribution is -0.298. The number of carbonyl (C=O) groups is 3. The predicted molar refractivity (Wildman–Crippen MR) is 257 cm³/mol. The molecule has 0 aromatic rings. The van der Waals surface area contributed by atoms with E-state index >= 15 is 0 Å². The molecular weight excluding hydrogens is 813 g/mol. The summed E-state index contributed by atoms with van der Waals surface area (Å²) in [6.45, 7) is 3.85. The second-order valence-corrected chi connectivity index (χ2v) is 18.7. The molecule has 1 heterocycles. The number of hydrogen-bond donors (Lipinski definition) is 4. The van der Waals surface area contributed by atoms with Gasteiger partial charge in [0.1, 0.15) is 24.9 Å². The minimum atomic E-state index is -1.86. The van der Waals surface area contributed by atoms with Gasteiger partial charge in [-0.2, -0.15) is 0 Å². The zero-order chi connectivity index (χ0) is 46.7. The van der Waals surface area contributed by atoms with Crippen molar-refractivity contribution in [3.8, 4) is 0 Å². The van der Waals surface area contributed by atoms with Crippen LogP contribution in [-0.2, 0) is 33.3 Å². The third-order valence-electron chi connectivity index (χ3n) is 12.6. The minimum absolute atomic E-state index is 0.188. The molecule has 1 aliphatic rings. The number of rotatable bonds is 46. The molecule has 1 rings (SSSR count). The van der Waals surface area contributed by atoms with Gasteiger partial charge in [-0.15, -0.1) is 0 Å². The Kier molecular flexibility index (Phi) is 40.8. The Morgan fingerprint density at radius 1 is 0.469 bits per heavy atom. The maximum Gasteiger partial charge on any atom is 0.335 e. The van der Waals surface area contributed by atoms with Crippen LogP contribution >= 0.6 is 0 Å². The molecule has 6 atom stereocenters. The van der Waals surface area contributed by atoms with Gasteiger partial charge in [0.25, 0.3) is 0 Å². The zero-order valence-corrected chi connectivity index (χ0v) is 41.0. The van der Waals surface area contributed by atoms with Crippen molar-refractivity contribution < 1.29 is 53.8 Å². The molecule has 1 saturated heterocycles. The number of carbonyl (C=O) groups excluding carboxylic acids is 2. The Balaban J connectivity index is 2.27. The number of unbranched alkanes of at least 4 members (excludes halogenated alkanes) is 33. The largest absolute Gasteiger partial charge is 0.479 e. The summed E-state index contributed by atoms with van der Waals surface area (Å²) in [6, 6.07) is 0. The summed E-state index contributed by atoms with van der Waals surface area (Å²) in [4.78, 5) is 37.0. The topological polar surface area (TPSA) is 169 Å². The fourth-order valence-corrected chi connectivity index (χ4v) is 8.41. The summed E-state index contributed by atoms with van der Waals surface area (Å²) in [5.41, 5.74) is 0. The number of aliphatic carboxylic acids is 1. The van der Waals surface area contributed by atoms with Crippen molar-refractivity contribution in [2.75, 3.05) is 13.2 Å². The number of aliphatic hydroxyl groups is 3. The van der Waals surface area contributed by atoms with Crippen LogP contribution in [0.5, 0.6) is 0 Å². The van der Waals surface area contributed by atoms with Gasteiger partial charge in [0, 0.05) is 12.8 Å². The molecule has 0 aromatic heterocycles. The van der Waals surface area contributed by atoms with Gasteiger partial charge in [-0.05, 0) is 38.5 Å². The van der Waals surface area contributed by atoms with Gasteiger partial charge < -0.3 is 39.4 Å². The lowest BCUT2D eigenvalue weighted by Crippen LogP contribution is -2.60. The van der Waals surface area contributed by atoms with Gasteiger partial charge in [-0.3, -0.25) is 9.59 Å². The van der Waals surface area contributed by atoms with Crippen LogP contribution in [0, 0.1) is 0 Å². The van der Waals surface area contributed by atoms with Crippen molar-refractivity contribution >= 4 is 17.9 Å². The highest BCUT2D eigenvalue weighted by molar-refractivity contribution is 5.73. The van der Waals surface area contributed by atoms with Crippen molar-refractivity contribution in [3.63, 3.8) is 0 Å². The predicted octanol–water partition coefficient (Wildman–Crippen LogP) is 12.8. The third-order valence-corrected chi connectivity index (χ3v) is 12.6. The average molecular weight is 911 g/mol. The molecule has 0 saturated carbocycles. The van der Waals surface area contributed by atoms with Crippen LogP contribution < -0.4 is 0 Å². The van der Waals surface area contributed by atoms with E-state index in [-0.39, 0.29) is 26.1 Å². The zero-order valence-electron chi connectivity index (χ0n) is 41.0. The molecule has 6 unspecified atom stereocenters. The van der Waals surface area contributed by atoms with Crippen LogP contribution in [0.2, 0.25) is 0 Å². The summed E-state index contributed by atoms with van der Waals surface area (Å²) in [6.07, 6.45) is 39.8. The van der Waals surface area contributed by atoms with E-state index in [9.17, 15) is 34.8 Å². The number of ether oxygens (including phenoxy) is 4. The highest BCUT2D eigenvalue weighted by Gasteiger charge is 2.47. The molecule has 376 valence electrons. The van der Waals surface area contributed by atoms with Gasteiger partial charge in [-0.25, -0.2) is 4.79 Å². The van der Waals surface area contributed by atoms with Crippen molar-refractivity contribution in [1.82, 2.24) is 0 Å². The molecule has 1 fully saturated rings. The maximum atomic E-state index is 12.8. The Morgan fingerprint density at radius 2 is 0.828 bits per heavy atom. The fraction of sp³-hybridized carbons (Fsp3) is 0.906. The molecule has 11 nitrogen and oxygen atoms in total.